The molecule has 54 heavy (non-hydrogen) atoms. The molecule has 296 valence electrons. The first-order valence-electron chi connectivity index (χ1n) is 19.6. The maximum Gasteiger partial charge on any atom is 0.344 e. The van der Waals surface area contributed by atoms with Crippen LogP contribution >= 0.6 is 0 Å². The van der Waals surface area contributed by atoms with Gasteiger partial charge in [-0.05, 0) is 108 Å². The Balaban J connectivity index is 1.80. The molecule has 0 fully saturated rings. The van der Waals surface area contributed by atoms with Gasteiger partial charge in [0.15, 0.2) is 16.6 Å². The molecule has 1 aliphatic heterocycles. The summed E-state index contributed by atoms with van der Waals surface area (Å²) in [5, 5.41) is 3.85. The maximum absolute atomic E-state index is 13.7. The van der Waals surface area contributed by atoms with Gasteiger partial charge < -0.3 is 27.2 Å². The van der Waals surface area contributed by atoms with Crippen molar-refractivity contribution in [2.24, 2.45) is 0 Å². The van der Waals surface area contributed by atoms with Crippen LogP contribution in [-0.2, 0) is 24.4 Å². The summed E-state index contributed by atoms with van der Waals surface area (Å²) in [4.78, 5) is 13.7. The third-order valence-corrected chi connectivity index (χ3v) is 26.2. The summed E-state index contributed by atoms with van der Waals surface area (Å²) in [6.07, 6.45) is 1.47. The first-order valence-corrected chi connectivity index (χ1v) is 28.3. The Kier molecular flexibility index (Phi) is 11.5. The second-order valence-corrected chi connectivity index (χ2v) is 34.0. The van der Waals surface area contributed by atoms with Gasteiger partial charge >= 0.3 is 5.63 Å². The van der Waals surface area contributed by atoms with Crippen molar-refractivity contribution in [3.8, 4) is 5.75 Å². The van der Waals surface area contributed by atoms with Gasteiger partial charge in [0, 0.05) is 16.2 Å². The molecule has 0 saturated heterocycles. The largest absolute Gasteiger partial charge is 0.545 e. The number of hydrogen-bond donors (Lipinski definition) is 0. The minimum absolute atomic E-state index is 0.0104. The van der Waals surface area contributed by atoms with E-state index in [0.717, 1.165) is 44.9 Å². The van der Waals surface area contributed by atoms with Crippen LogP contribution in [0.5, 0.6) is 5.75 Å². The quantitative estimate of drug-likeness (QED) is 0.0899. The number of ether oxygens (including phenoxy) is 2. The van der Waals surface area contributed by atoms with Gasteiger partial charge in [-0.3, -0.25) is 0 Å². The molecule has 0 radical (unpaired) electrons. The van der Waals surface area contributed by atoms with Crippen LogP contribution in [0.1, 0.15) is 86.5 Å². The molecular formula is C44H66O7Si3. The number of fused-ring (bicyclic) bond motifs is 5. The fraction of sp³-hybridized carbons (Fsp3) is 0.568. The fourth-order valence-corrected chi connectivity index (χ4v) is 9.55. The van der Waals surface area contributed by atoms with Gasteiger partial charge in [0.05, 0.1) is 19.1 Å². The number of aryl methyl sites for hydroxylation is 1. The molecule has 1 aromatic heterocycles. The van der Waals surface area contributed by atoms with Crippen LogP contribution in [0.4, 0.5) is 0 Å². The summed E-state index contributed by atoms with van der Waals surface area (Å²) in [6, 6.07) is 14.2. The Morgan fingerprint density at radius 3 is 1.89 bits per heavy atom. The lowest BCUT2D eigenvalue weighted by Gasteiger charge is -2.47. The molecule has 0 bridgehead atoms. The van der Waals surface area contributed by atoms with Gasteiger partial charge in [-0.2, -0.15) is 0 Å². The zero-order valence-electron chi connectivity index (χ0n) is 36.1. The van der Waals surface area contributed by atoms with Crippen molar-refractivity contribution >= 4 is 57.5 Å². The van der Waals surface area contributed by atoms with Crippen molar-refractivity contribution in [3.63, 3.8) is 0 Å². The Labute approximate surface area is 327 Å². The van der Waals surface area contributed by atoms with E-state index in [-0.39, 0.29) is 20.7 Å². The summed E-state index contributed by atoms with van der Waals surface area (Å²) >= 11 is 0. The predicted molar refractivity (Wildman–Crippen MR) is 233 cm³/mol. The lowest BCUT2D eigenvalue weighted by atomic mass is 9.93. The van der Waals surface area contributed by atoms with E-state index >= 15 is 0 Å². The first-order chi connectivity index (χ1) is 24.7. The highest BCUT2D eigenvalue weighted by Crippen LogP contribution is 2.47. The van der Waals surface area contributed by atoms with E-state index in [0.29, 0.717) is 23.3 Å². The highest BCUT2D eigenvalue weighted by molar-refractivity contribution is 6.75. The molecule has 0 saturated carbocycles. The molecule has 0 spiro atoms. The molecule has 2 heterocycles. The number of benzene rings is 3. The molecule has 1 aliphatic rings. The molecule has 3 atom stereocenters. The zero-order chi connectivity index (χ0) is 40.4. The van der Waals surface area contributed by atoms with Crippen LogP contribution in [0, 0.1) is 0 Å². The second kappa shape index (κ2) is 14.6. The van der Waals surface area contributed by atoms with Crippen molar-refractivity contribution in [1.82, 2.24) is 0 Å². The molecule has 5 rings (SSSR count). The zero-order valence-corrected chi connectivity index (χ0v) is 39.1. The van der Waals surface area contributed by atoms with Crippen LogP contribution < -0.4 is 10.4 Å². The third-order valence-electron chi connectivity index (χ3n) is 12.9. The van der Waals surface area contributed by atoms with E-state index in [9.17, 15) is 4.79 Å². The second-order valence-electron chi connectivity index (χ2n) is 19.7. The van der Waals surface area contributed by atoms with E-state index in [4.69, 9.17) is 27.2 Å². The lowest BCUT2D eigenvalue weighted by molar-refractivity contribution is -0.0903. The van der Waals surface area contributed by atoms with Crippen molar-refractivity contribution in [2.45, 2.75) is 148 Å². The van der Waals surface area contributed by atoms with Crippen LogP contribution in [-0.4, -0.2) is 50.9 Å². The number of rotatable bonds is 10. The molecule has 4 aromatic rings. The smallest absolute Gasteiger partial charge is 0.344 e. The van der Waals surface area contributed by atoms with Crippen molar-refractivity contribution < 1.29 is 27.2 Å². The lowest BCUT2D eigenvalue weighted by Crippen LogP contribution is -2.54. The summed E-state index contributed by atoms with van der Waals surface area (Å²) < 4.78 is 41.1. The summed E-state index contributed by atoms with van der Waals surface area (Å²) in [5.74, 6) is 1.49. The minimum atomic E-state index is -2.36. The van der Waals surface area contributed by atoms with Gasteiger partial charge in [-0.1, -0.05) is 87.4 Å². The van der Waals surface area contributed by atoms with Gasteiger partial charge in [0.2, 0.25) is 8.32 Å². The fourth-order valence-electron chi connectivity index (χ4n) is 6.20. The standard InChI is InChI=1S/C44H66O7Si3/c1-18-28-19-20-29-30-21-22-31-34(46-11)24-23-32(38(31)39(30)49-41(45)33(29)25-28)35-26-36(50-53(14,15)43(5,6)7)40(51-54(16,17)44(8,9)10)37(48-35)27-47-52(12,13)42(2,3)4/h19-26,35,37,40H,18,27H2,1-17H3/t35-,37+,40-/m0/s1. The molecule has 0 aliphatic carbocycles. The normalized spacial score (nSPS) is 19.4. The summed E-state index contributed by atoms with van der Waals surface area (Å²) in [6.45, 7) is 36.5. The van der Waals surface area contributed by atoms with Gasteiger partial charge in [-0.25, -0.2) is 4.79 Å². The average Bonchev–Trinajstić information content (AvgIpc) is 3.05. The topological polar surface area (TPSA) is 76.4 Å². The Morgan fingerprint density at radius 1 is 0.722 bits per heavy atom. The molecular weight excluding hydrogens is 725 g/mol. The Morgan fingerprint density at radius 2 is 1.31 bits per heavy atom. The Bertz CT molecular complexity index is 2110. The minimum Gasteiger partial charge on any atom is -0.545 e. The highest BCUT2D eigenvalue weighted by Gasteiger charge is 2.49. The summed E-state index contributed by atoms with van der Waals surface area (Å²) in [7, 11) is -5.22. The molecule has 10 heteroatoms. The highest BCUT2D eigenvalue weighted by atomic mass is 28.4. The van der Waals surface area contributed by atoms with Gasteiger partial charge in [0.25, 0.3) is 0 Å². The third kappa shape index (κ3) is 8.07. The van der Waals surface area contributed by atoms with Crippen LogP contribution in [0.25, 0.3) is 32.5 Å². The number of methoxy groups -OCH3 is 1. The Hall–Kier alpha value is -2.74. The number of hydrogen-bond acceptors (Lipinski definition) is 7. The van der Waals surface area contributed by atoms with Crippen molar-refractivity contribution in [1.29, 1.82) is 0 Å². The van der Waals surface area contributed by atoms with Gasteiger partial charge in [-0.15, -0.1) is 0 Å². The van der Waals surface area contributed by atoms with Crippen LogP contribution in [0.15, 0.2) is 63.5 Å². The van der Waals surface area contributed by atoms with Crippen molar-refractivity contribution in [2.75, 3.05) is 13.7 Å². The average molecular weight is 791 g/mol. The summed E-state index contributed by atoms with van der Waals surface area (Å²) in [5.41, 5.74) is 2.11. The van der Waals surface area contributed by atoms with E-state index in [1.54, 1.807) is 7.11 Å². The molecule has 0 unspecified atom stereocenters. The van der Waals surface area contributed by atoms with Gasteiger partial charge in [0.1, 0.15) is 35.4 Å². The van der Waals surface area contributed by atoms with E-state index in [1.807, 2.05) is 30.3 Å². The van der Waals surface area contributed by atoms with Crippen LogP contribution in [0.2, 0.25) is 54.4 Å². The monoisotopic (exact) mass is 790 g/mol. The first kappa shape index (κ1) is 42.4. The molecule has 0 N–H and O–H groups in total. The molecule has 3 aromatic carbocycles. The van der Waals surface area contributed by atoms with E-state index in [1.165, 1.54) is 0 Å². The maximum atomic E-state index is 13.7. The van der Waals surface area contributed by atoms with Crippen LogP contribution in [0.3, 0.4) is 0 Å². The van der Waals surface area contributed by atoms with E-state index < -0.39 is 43.3 Å². The SMILES string of the molecule is CCc1ccc2c(c1)c(=O)oc1c2ccc2c(OC)ccc([C@@H]3C=C(O[Si](C)(C)C(C)(C)C)[C@H](O[Si](C)(C)C(C)(C)C)[C@@H](CO[Si](C)(C)C(C)(C)C)O3)c21. The van der Waals surface area contributed by atoms with E-state index in [2.05, 4.69) is 127 Å². The molecule has 0 amide bonds. The predicted octanol–water partition coefficient (Wildman–Crippen LogP) is 12.4. The van der Waals surface area contributed by atoms with Crippen molar-refractivity contribution in [3.05, 3.63) is 75.8 Å². The molecule has 7 nitrogen and oxygen atoms in total.